The van der Waals surface area contributed by atoms with Gasteiger partial charge < -0.3 is 5.11 Å². The summed E-state index contributed by atoms with van der Waals surface area (Å²) in [4.78, 5) is 10.8. The van der Waals surface area contributed by atoms with Crippen molar-refractivity contribution in [1.29, 1.82) is 0 Å². The summed E-state index contributed by atoms with van der Waals surface area (Å²) >= 11 is 0. The van der Waals surface area contributed by atoms with E-state index in [1.54, 1.807) is 11.1 Å². The zero-order valence-electron chi connectivity index (χ0n) is 15.1. The summed E-state index contributed by atoms with van der Waals surface area (Å²) in [6.07, 6.45) is 1.59. The molecule has 5 nitrogen and oxygen atoms in total. The average molecular weight is 339 g/mol. The summed E-state index contributed by atoms with van der Waals surface area (Å²) in [6.45, 7) is 4.68. The van der Waals surface area contributed by atoms with Gasteiger partial charge in [-0.2, -0.15) is 5.10 Å². The maximum absolute atomic E-state index is 10.8. The van der Waals surface area contributed by atoms with E-state index >= 15 is 0 Å². The third-order valence-corrected chi connectivity index (χ3v) is 4.16. The monoisotopic (exact) mass is 339 g/mol. The van der Waals surface area contributed by atoms with Gasteiger partial charge in [-0.15, -0.1) is 4.91 Å². The zero-order valence-corrected chi connectivity index (χ0v) is 15.1. The van der Waals surface area contributed by atoms with Crippen LogP contribution < -0.4 is 0 Å². The summed E-state index contributed by atoms with van der Waals surface area (Å²) in [6, 6.07) is 14.0. The molecule has 0 amide bonds. The molecule has 0 aliphatic carbocycles. The Labute approximate surface area is 149 Å². The molecule has 132 valence electrons. The van der Waals surface area contributed by atoms with Crippen molar-refractivity contribution in [3.63, 3.8) is 0 Å². The number of aliphatic hydroxyl groups is 1. The van der Waals surface area contributed by atoms with Crippen molar-refractivity contribution < 1.29 is 5.11 Å². The van der Waals surface area contributed by atoms with E-state index in [0.29, 0.717) is 12.2 Å². The van der Waals surface area contributed by atoms with Crippen molar-refractivity contribution in [1.82, 2.24) is 5.01 Å². The van der Waals surface area contributed by atoms with Crippen molar-refractivity contribution in [3.05, 3.63) is 58.5 Å². The highest BCUT2D eigenvalue weighted by molar-refractivity contribution is 6.00. The van der Waals surface area contributed by atoms with Crippen LogP contribution in [-0.2, 0) is 6.42 Å². The number of aliphatic hydroxyl groups excluding tert-OH is 1. The summed E-state index contributed by atoms with van der Waals surface area (Å²) in [7, 11) is 1.86. The number of rotatable bonds is 8. The highest BCUT2D eigenvalue weighted by Crippen LogP contribution is 2.27. The Hall–Kier alpha value is -2.53. The molecule has 25 heavy (non-hydrogen) atoms. The van der Waals surface area contributed by atoms with Crippen LogP contribution in [-0.4, -0.2) is 36.0 Å². The van der Waals surface area contributed by atoms with Crippen LogP contribution >= 0.6 is 0 Å². The lowest BCUT2D eigenvalue weighted by Crippen LogP contribution is -2.18. The molecular weight excluding hydrogens is 314 g/mol. The van der Waals surface area contributed by atoms with Crippen LogP contribution in [0.3, 0.4) is 0 Å². The molecular formula is C20H25N3O2. The third-order valence-electron chi connectivity index (χ3n) is 4.16. The lowest BCUT2D eigenvalue weighted by atomic mass is 9.98. The van der Waals surface area contributed by atoms with Gasteiger partial charge in [0, 0.05) is 7.05 Å². The van der Waals surface area contributed by atoms with Crippen molar-refractivity contribution >= 4 is 11.4 Å². The van der Waals surface area contributed by atoms with Gasteiger partial charge in [0.15, 0.2) is 0 Å². The minimum Gasteiger partial charge on any atom is -0.394 e. The normalized spacial score (nSPS) is 11.4. The molecule has 0 saturated carbocycles. The van der Waals surface area contributed by atoms with Gasteiger partial charge in [0.2, 0.25) is 0 Å². The van der Waals surface area contributed by atoms with Gasteiger partial charge >= 0.3 is 0 Å². The smallest absolute Gasteiger partial charge is 0.111 e. The SMILES string of the molecule is CC/C(=N\N(C)CCO)c1ccc(-c2ccc(N=O)c(CC)c2)cc1. The van der Waals surface area contributed by atoms with Gasteiger partial charge in [-0.3, -0.25) is 5.01 Å². The van der Waals surface area contributed by atoms with E-state index in [1.165, 1.54) is 0 Å². The first-order chi connectivity index (χ1) is 12.1. The number of aryl methyl sites for hydroxylation is 1. The molecule has 2 aromatic rings. The Morgan fingerprint density at radius 3 is 2.32 bits per heavy atom. The fourth-order valence-corrected chi connectivity index (χ4v) is 2.73. The number of nitrogens with zero attached hydrogens (tertiary/aromatic N) is 3. The second-order valence-corrected chi connectivity index (χ2v) is 5.87. The van der Waals surface area contributed by atoms with Crippen LogP contribution in [0, 0.1) is 4.91 Å². The van der Waals surface area contributed by atoms with Crippen LogP contribution in [0.5, 0.6) is 0 Å². The van der Waals surface area contributed by atoms with Gasteiger partial charge in [-0.05, 0) is 52.4 Å². The van der Waals surface area contributed by atoms with Crippen LogP contribution in [0.15, 0.2) is 52.7 Å². The summed E-state index contributed by atoms with van der Waals surface area (Å²) in [5, 5.41) is 18.4. The number of nitroso groups, excluding NO2 is 1. The minimum absolute atomic E-state index is 0.0847. The molecule has 0 aliphatic heterocycles. The Bertz CT molecular complexity index is 739. The topological polar surface area (TPSA) is 65.3 Å². The maximum atomic E-state index is 10.8. The van der Waals surface area contributed by atoms with Crippen molar-refractivity contribution in [2.24, 2.45) is 10.3 Å². The highest BCUT2D eigenvalue weighted by Gasteiger charge is 2.07. The molecule has 5 heteroatoms. The molecule has 0 fully saturated rings. The second-order valence-electron chi connectivity index (χ2n) is 5.87. The molecule has 2 rings (SSSR count). The number of likely N-dealkylation sites (N-methyl/N-ethyl adjacent to an activating group) is 1. The first-order valence-electron chi connectivity index (χ1n) is 8.59. The van der Waals surface area contributed by atoms with E-state index in [2.05, 4.69) is 41.5 Å². The van der Waals surface area contributed by atoms with E-state index in [-0.39, 0.29) is 6.61 Å². The van der Waals surface area contributed by atoms with Gasteiger partial charge in [0.25, 0.3) is 0 Å². The molecule has 0 unspecified atom stereocenters. The summed E-state index contributed by atoms with van der Waals surface area (Å²) in [5.74, 6) is 0. The van der Waals surface area contributed by atoms with Gasteiger partial charge in [-0.25, -0.2) is 0 Å². The fraction of sp³-hybridized carbons (Fsp3) is 0.350. The second kappa shape index (κ2) is 9.08. The summed E-state index contributed by atoms with van der Waals surface area (Å²) < 4.78 is 0. The molecule has 1 N–H and O–H groups in total. The Kier molecular flexibility index (Phi) is 6.83. The molecule has 0 radical (unpaired) electrons. The molecule has 2 aromatic carbocycles. The molecule has 0 heterocycles. The zero-order chi connectivity index (χ0) is 18.2. The Morgan fingerprint density at radius 1 is 1.08 bits per heavy atom. The predicted octanol–water partition coefficient (Wildman–Crippen LogP) is 4.35. The Morgan fingerprint density at radius 2 is 1.76 bits per heavy atom. The van der Waals surface area contributed by atoms with E-state index in [9.17, 15) is 4.91 Å². The lowest BCUT2D eigenvalue weighted by Gasteiger charge is -2.14. The van der Waals surface area contributed by atoms with Crippen LogP contribution in [0.1, 0.15) is 31.4 Å². The first-order valence-corrected chi connectivity index (χ1v) is 8.59. The molecule has 0 spiro atoms. The number of benzene rings is 2. The molecule has 0 aliphatic rings. The first kappa shape index (κ1) is 18.8. The van der Waals surface area contributed by atoms with Crippen LogP contribution in [0.25, 0.3) is 11.1 Å². The predicted molar refractivity (Wildman–Crippen MR) is 103 cm³/mol. The van der Waals surface area contributed by atoms with Crippen molar-refractivity contribution in [2.75, 3.05) is 20.2 Å². The van der Waals surface area contributed by atoms with E-state index in [0.717, 1.165) is 40.8 Å². The number of hydrazone groups is 1. The largest absolute Gasteiger partial charge is 0.394 e. The van der Waals surface area contributed by atoms with E-state index < -0.39 is 0 Å². The molecule has 0 atom stereocenters. The van der Waals surface area contributed by atoms with Gasteiger partial charge in [-0.1, -0.05) is 44.2 Å². The molecule has 0 saturated heterocycles. The van der Waals surface area contributed by atoms with Gasteiger partial charge in [0.05, 0.1) is 18.9 Å². The van der Waals surface area contributed by atoms with Gasteiger partial charge in [0.1, 0.15) is 5.69 Å². The molecule has 0 aromatic heterocycles. The van der Waals surface area contributed by atoms with E-state index in [4.69, 9.17) is 5.11 Å². The third kappa shape index (κ3) is 4.73. The van der Waals surface area contributed by atoms with Crippen LogP contribution in [0.4, 0.5) is 5.69 Å². The number of hydrogen-bond acceptors (Lipinski definition) is 5. The van der Waals surface area contributed by atoms with Crippen molar-refractivity contribution in [3.8, 4) is 11.1 Å². The standard InChI is InChI=1S/C20H25N3O2/c1-4-15-14-18(10-11-20(15)22-25)16-6-8-17(9-7-16)19(5-2)21-23(3)12-13-24/h6-11,14,24H,4-5,12-13H2,1-3H3/b21-19+. The molecule has 0 bridgehead atoms. The fourth-order valence-electron chi connectivity index (χ4n) is 2.73. The lowest BCUT2D eigenvalue weighted by molar-refractivity contribution is 0.226. The average Bonchev–Trinajstić information content (AvgIpc) is 2.66. The quantitative estimate of drug-likeness (QED) is 0.442. The minimum atomic E-state index is 0.0847. The summed E-state index contributed by atoms with van der Waals surface area (Å²) in [5.41, 5.74) is 5.68. The highest BCUT2D eigenvalue weighted by atomic mass is 16.3. The van der Waals surface area contributed by atoms with Crippen molar-refractivity contribution in [2.45, 2.75) is 26.7 Å². The maximum Gasteiger partial charge on any atom is 0.111 e. The van der Waals surface area contributed by atoms with Crippen LogP contribution in [0.2, 0.25) is 0 Å². The van der Waals surface area contributed by atoms with E-state index in [1.807, 2.05) is 26.1 Å². The number of hydrogen-bond donors (Lipinski definition) is 1. The Balaban J connectivity index is 2.28.